The van der Waals surface area contributed by atoms with E-state index >= 15 is 0 Å². The molecule has 0 spiro atoms. The fourth-order valence-electron chi connectivity index (χ4n) is 2.32. The van der Waals surface area contributed by atoms with E-state index in [2.05, 4.69) is 28.2 Å². The van der Waals surface area contributed by atoms with E-state index in [1.165, 1.54) is 0 Å². The van der Waals surface area contributed by atoms with Crippen LogP contribution in [0, 0.1) is 0 Å². The van der Waals surface area contributed by atoms with Crippen molar-refractivity contribution >= 4 is 29.7 Å². The number of halogens is 1. The first-order valence-corrected chi connectivity index (χ1v) is 8.03. The van der Waals surface area contributed by atoms with Crippen LogP contribution in [0.15, 0.2) is 40.4 Å². The van der Waals surface area contributed by atoms with Gasteiger partial charge in [-0.3, -0.25) is 5.32 Å². The maximum Gasteiger partial charge on any atom is 0.337 e. The highest BCUT2D eigenvalue weighted by Crippen LogP contribution is 2.39. The summed E-state index contributed by atoms with van der Waals surface area (Å²) in [4.78, 5) is 12.1. The van der Waals surface area contributed by atoms with Crippen LogP contribution in [0.4, 0.5) is 0 Å². The summed E-state index contributed by atoms with van der Waals surface area (Å²) in [6, 6.07) is 9.96. The van der Waals surface area contributed by atoms with Gasteiger partial charge in [0.15, 0.2) is 5.72 Å². The van der Waals surface area contributed by atoms with Gasteiger partial charge in [0.1, 0.15) is 0 Å². The number of esters is 1. The standard InChI is InChI=1S/C16H19BBrNO2/c1-2-3-9-13-14(18)16(11-17,21-15(13)20)19-10-12-7-5-4-6-8-12/h4-8,19H,2-3,9-11H2,1H3. The van der Waals surface area contributed by atoms with E-state index in [-0.39, 0.29) is 12.3 Å². The molecule has 110 valence electrons. The molecular weight excluding hydrogens is 329 g/mol. The van der Waals surface area contributed by atoms with Gasteiger partial charge in [-0.05, 0) is 40.7 Å². The average Bonchev–Trinajstić information content (AvgIpc) is 2.75. The number of ether oxygens (including phenoxy) is 1. The molecule has 3 nitrogen and oxygen atoms in total. The molecule has 1 aromatic carbocycles. The van der Waals surface area contributed by atoms with E-state index < -0.39 is 5.72 Å². The molecule has 1 atom stereocenters. The number of benzene rings is 1. The zero-order valence-corrected chi connectivity index (χ0v) is 13.8. The Morgan fingerprint density at radius 2 is 2.05 bits per heavy atom. The van der Waals surface area contributed by atoms with Crippen LogP contribution in [0.3, 0.4) is 0 Å². The SMILES string of the molecule is [B]CC1(NCc2ccccc2)OC(=O)C(CCCC)=C1Br. The summed E-state index contributed by atoms with van der Waals surface area (Å²) in [6.07, 6.45) is 2.90. The van der Waals surface area contributed by atoms with Gasteiger partial charge in [-0.25, -0.2) is 4.79 Å². The van der Waals surface area contributed by atoms with E-state index in [0.717, 1.165) is 22.9 Å². The fourth-order valence-corrected chi connectivity index (χ4v) is 3.06. The molecule has 2 radical (unpaired) electrons. The Morgan fingerprint density at radius 3 is 2.67 bits per heavy atom. The van der Waals surface area contributed by atoms with Crippen LogP contribution in [-0.2, 0) is 16.1 Å². The summed E-state index contributed by atoms with van der Waals surface area (Å²) >= 11 is 3.52. The fraction of sp³-hybridized carbons (Fsp3) is 0.438. The van der Waals surface area contributed by atoms with Gasteiger partial charge >= 0.3 is 5.97 Å². The zero-order chi connectivity index (χ0) is 15.3. The molecule has 1 aromatic rings. The maximum absolute atomic E-state index is 12.1. The minimum Gasteiger partial charge on any atom is -0.436 e. The lowest BCUT2D eigenvalue weighted by atomic mass is 9.92. The lowest BCUT2D eigenvalue weighted by Gasteiger charge is -2.29. The van der Waals surface area contributed by atoms with Gasteiger partial charge in [0.05, 0.1) is 17.9 Å². The summed E-state index contributed by atoms with van der Waals surface area (Å²) in [6.45, 7) is 2.68. The lowest BCUT2D eigenvalue weighted by molar-refractivity contribution is -0.147. The zero-order valence-electron chi connectivity index (χ0n) is 12.2. The van der Waals surface area contributed by atoms with Crippen molar-refractivity contribution in [2.24, 2.45) is 0 Å². The van der Waals surface area contributed by atoms with Crippen LogP contribution in [0.5, 0.6) is 0 Å². The third-order valence-electron chi connectivity index (χ3n) is 3.62. The summed E-state index contributed by atoms with van der Waals surface area (Å²) in [5.74, 6) is -0.277. The second-order valence-corrected chi connectivity index (χ2v) is 5.95. The van der Waals surface area contributed by atoms with Crippen molar-refractivity contribution in [1.82, 2.24) is 5.32 Å². The normalized spacial score (nSPS) is 21.7. The average molecular weight is 348 g/mol. The number of rotatable bonds is 7. The van der Waals surface area contributed by atoms with Crippen LogP contribution >= 0.6 is 15.9 Å². The van der Waals surface area contributed by atoms with Crippen molar-refractivity contribution in [3.05, 3.63) is 46.0 Å². The van der Waals surface area contributed by atoms with E-state index in [1.54, 1.807) is 0 Å². The Bertz CT molecular complexity index is 532. The predicted octanol–water partition coefficient (Wildman–Crippen LogP) is 3.46. The highest BCUT2D eigenvalue weighted by Gasteiger charge is 2.44. The Morgan fingerprint density at radius 1 is 1.33 bits per heavy atom. The van der Waals surface area contributed by atoms with Crippen molar-refractivity contribution in [2.75, 3.05) is 0 Å². The molecule has 0 saturated heterocycles. The molecule has 0 amide bonds. The third-order valence-corrected chi connectivity index (χ3v) is 4.74. The summed E-state index contributed by atoms with van der Waals surface area (Å²) in [5, 5.41) is 3.27. The van der Waals surface area contributed by atoms with Gasteiger partial charge in [0.2, 0.25) is 0 Å². The van der Waals surface area contributed by atoms with Gasteiger partial charge in [0, 0.05) is 6.54 Å². The molecule has 1 aliphatic heterocycles. The van der Waals surface area contributed by atoms with Crippen molar-refractivity contribution in [3.63, 3.8) is 0 Å². The molecule has 1 unspecified atom stereocenters. The topological polar surface area (TPSA) is 38.3 Å². The minimum absolute atomic E-state index is 0.196. The van der Waals surface area contributed by atoms with Crippen molar-refractivity contribution in [1.29, 1.82) is 0 Å². The number of carbonyl (C=O) groups excluding carboxylic acids is 1. The molecule has 0 fully saturated rings. The van der Waals surface area contributed by atoms with E-state index in [1.807, 2.05) is 30.3 Å². The number of nitrogens with one attached hydrogen (secondary N) is 1. The largest absolute Gasteiger partial charge is 0.436 e. The van der Waals surface area contributed by atoms with Crippen LogP contribution in [-0.4, -0.2) is 19.5 Å². The Kier molecular flexibility index (Phi) is 5.65. The van der Waals surface area contributed by atoms with Gasteiger partial charge in [-0.2, -0.15) is 0 Å². The Balaban J connectivity index is 2.14. The summed E-state index contributed by atoms with van der Waals surface area (Å²) in [7, 11) is 5.87. The highest BCUT2D eigenvalue weighted by molar-refractivity contribution is 9.11. The maximum atomic E-state index is 12.1. The molecule has 0 aliphatic carbocycles. The minimum atomic E-state index is -0.935. The first kappa shape index (κ1) is 16.3. The Hall–Kier alpha value is -1.07. The predicted molar refractivity (Wildman–Crippen MR) is 88.1 cm³/mol. The molecule has 0 aromatic heterocycles. The van der Waals surface area contributed by atoms with Crippen LogP contribution < -0.4 is 5.32 Å². The van der Waals surface area contributed by atoms with E-state index in [9.17, 15) is 4.79 Å². The molecule has 0 bridgehead atoms. The number of cyclic esters (lactones) is 1. The second kappa shape index (κ2) is 7.27. The number of carbonyl (C=O) groups is 1. The molecule has 1 heterocycles. The van der Waals surface area contributed by atoms with Gasteiger partial charge < -0.3 is 4.74 Å². The molecular formula is C16H19BBrNO2. The lowest BCUT2D eigenvalue weighted by Crippen LogP contribution is -2.45. The smallest absolute Gasteiger partial charge is 0.337 e. The van der Waals surface area contributed by atoms with Gasteiger partial charge in [0.25, 0.3) is 0 Å². The molecule has 1 aliphatic rings. The number of unbranched alkanes of at least 4 members (excludes halogenated alkanes) is 1. The highest BCUT2D eigenvalue weighted by atomic mass is 79.9. The first-order chi connectivity index (χ1) is 10.1. The van der Waals surface area contributed by atoms with Crippen molar-refractivity contribution in [2.45, 2.75) is 44.8 Å². The summed E-state index contributed by atoms with van der Waals surface area (Å²) in [5.41, 5.74) is 0.877. The number of hydrogen-bond acceptors (Lipinski definition) is 3. The molecule has 2 rings (SSSR count). The second-order valence-electron chi connectivity index (χ2n) is 5.16. The summed E-state index contributed by atoms with van der Waals surface area (Å²) < 4.78 is 6.29. The van der Waals surface area contributed by atoms with Crippen LogP contribution in [0.2, 0.25) is 6.32 Å². The molecule has 1 N–H and O–H groups in total. The molecule has 21 heavy (non-hydrogen) atoms. The molecule has 5 heteroatoms. The first-order valence-electron chi connectivity index (χ1n) is 7.24. The van der Waals surface area contributed by atoms with Crippen molar-refractivity contribution in [3.8, 4) is 0 Å². The Labute approximate surface area is 135 Å². The monoisotopic (exact) mass is 347 g/mol. The van der Waals surface area contributed by atoms with Gasteiger partial charge in [-0.1, -0.05) is 43.7 Å². The van der Waals surface area contributed by atoms with Crippen molar-refractivity contribution < 1.29 is 9.53 Å². The number of hydrogen-bond donors (Lipinski definition) is 1. The molecule has 0 saturated carbocycles. The van der Waals surface area contributed by atoms with E-state index in [4.69, 9.17) is 12.6 Å². The van der Waals surface area contributed by atoms with Gasteiger partial charge in [-0.15, -0.1) is 0 Å². The van der Waals surface area contributed by atoms with Crippen LogP contribution in [0.25, 0.3) is 0 Å². The quantitative estimate of drug-likeness (QED) is 0.606. The van der Waals surface area contributed by atoms with E-state index in [0.29, 0.717) is 18.5 Å². The third kappa shape index (κ3) is 3.58. The van der Waals surface area contributed by atoms with Crippen LogP contribution in [0.1, 0.15) is 31.7 Å².